The highest BCUT2D eigenvalue weighted by atomic mass is 19.4. The predicted molar refractivity (Wildman–Crippen MR) is 124 cm³/mol. The summed E-state index contributed by atoms with van der Waals surface area (Å²) in [6.07, 6.45) is 0.102. The maximum absolute atomic E-state index is 13.4. The number of rotatable bonds is 5. The van der Waals surface area contributed by atoms with E-state index in [9.17, 15) is 17.6 Å². The number of carbonyl (C=O) groups is 1. The number of benzene rings is 1. The fraction of sp³-hybridized carbons (Fsp3) is 0.208. The summed E-state index contributed by atoms with van der Waals surface area (Å²) < 4.78 is 47.0. The Kier molecular flexibility index (Phi) is 7.97. The topological polar surface area (TPSA) is 106 Å². The van der Waals surface area contributed by atoms with Crippen LogP contribution in [0.4, 0.5) is 23.5 Å². The molecule has 0 saturated heterocycles. The summed E-state index contributed by atoms with van der Waals surface area (Å²) in [5, 5.41) is 15.0. The van der Waals surface area contributed by atoms with Gasteiger partial charge >= 0.3 is 12.1 Å². The summed E-state index contributed by atoms with van der Waals surface area (Å²) in [6.45, 7) is 3.98. The third-order valence-corrected chi connectivity index (χ3v) is 5.18. The van der Waals surface area contributed by atoms with E-state index in [0.717, 1.165) is 33.8 Å². The van der Waals surface area contributed by atoms with Crippen molar-refractivity contribution in [3.05, 3.63) is 89.4 Å². The summed E-state index contributed by atoms with van der Waals surface area (Å²) in [5.74, 6) is -2.55. The van der Waals surface area contributed by atoms with E-state index in [2.05, 4.69) is 20.4 Å². The molecular formula is C24H22F4N6O2. The molecule has 3 heterocycles. The first-order valence-corrected chi connectivity index (χ1v) is 10.5. The van der Waals surface area contributed by atoms with Gasteiger partial charge in [0.05, 0.1) is 17.4 Å². The Hall–Kier alpha value is -4.35. The number of alkyl halides is 3. The molecule has 4 aromatic rings. The van der Waals surface area contributed by atoms with Gasteiger partial charge in [0.15, 0.2) is 0 Å². The maximum atomic E-state index is 13.4. The van der Waals surface area contributed by atoms with Crippen LogP contribution in [-0.4, -0.2) is 42.0 Å². The van der Waals surface area contributed by atoms with Crippen LogP contribution in [0.2, 0.25) is 0 Å². The molecule has 1 atom stereocenters. The van der Waals surface area contributed by atoms with Gasteiger partial charge in [-0.1, -0.05) is 12.1 Å². The van der Waals surface area contributed by atoms with E-state index in [1.807, 2.05) is 43.8 Å². The Morgan fingerprint density at radius 1 is 1.00 bits per heavy atom. The van der Waals surface area contributed by atoms with Crippen LogP contribution in [0.5, 0.6) is 0 Å². The van der Waals surface area contributed by atoms with E-state index in [0.29, 0.717) is 5.95 Å². The number of aliphatic carboxylic acids is 1. The summed E-state index contributed by atoms with van der Waals surface area (Å²) in [4.78, 5) is 22.1. The van der Waals surface area contributed by atoms with Crippen molar-refractivity contribution in [2.24, 2.45) is 7.05 Å². The van der Waals surface area contributed by atoms with Gasteiger partial charge < -0.3 is 10.4 Å². The number of halogens is 4. The normalized spacial score (nSPS) is 11.9. The number of pyridine rings is 1. The van der Waals surface area contributed by atoms with Gasteiger partial charge in [0, 0.05) is 36.9 Å². The molecule has 188 valence electrons. The quantitative estimate of drug-likeness (QED) is 0.376. The van der Waals surface area contributed by atoms with Crippen LogP contribution in [0.3, 0.4) is 0 Å². The largest absolute Gasteiger partial charge is 0.490 e. The first-order chi connectivity index (χ1) is 17.0. The first-order valence-electron chi connectivity index (χ1n) is 10.5. The number of aromatic nitrogens is 5. The van der Waals surface area contributed by atoms with Crippen molar-refractivity contribution in [3.8, 4) is 11.3 Å². The molecule has 0 aliphatic heterocycles. The number of hydrogen-bond acceptors (Lipinski definition) is 6. The average molecular weight is 502 g/mol. The Morgan fingerprint density at radius 3 is 2.11 bits per heavy atom. The zero-order valence-electron chi connectivity index (χ0n) is 19.5. The van der Waals surface area contributed by atoms with Crippen LogP contribution in [0, 0.1) is 19.7 Å². The second-order valence-electron chi connectivity index (χ2n) is 7.65. The van der Waals surface area contributed by atoms with E-state index in [-0.39, 0.29) is 11.9 Å². The summed E-state index contributed by atoms with van der Waals surface area (Å²) in [5.41, 5.74) is 5.64. The molecule has 4 rings (SSSR count). The van der Waals surface area contributed by atoms with E-state index < -0.39 is 12.1 Å². The number of carboxylic acid groups (broad SMARTS) is 1. The summed E-state index contributed by atoms with van der Waals surface area (Å²) in [7, 11) is 1.92. The van der Waals surface area contributed by atoms with E-state index in [1.165, 1.54) is 12.1 Å². The Balaban J connectivity index is 0.000000454. The highest BCUT2D eigenvalue weighted by molar-refractivity contribution is 5.73. The SMILES string of the molecule is Cc1nn(C)c(C)c1-c1ccnc(NC(c2ccncc2)c2ccc(F)cc2)n1.O=C(O)C(F)(F)F. The molecule has 0 bridgehead atoms. The molecule has 1 unspecified atom stereocenters. The highest BCUT2D eigenvalue weighted by Gasteiger charge is 2.38. The molecule has 0 aliphatic rings. The van der Waals surface area contributed by atoms with E-state index in [1.54, 1.807) is 30.7 Å². The van der Waals surface area contributed by atoms with Crippen LogP contribution in [0.25, 0.3) is 11.3 Å². The second kappa shape index (κ2) is 10.9. The molecule has 0 amide bonds. The van der Waals surface area contributed by atoms with Gasteiger partial charge in [-0.25, -0.2) is 19.2 Å². The van der Waals surface area contributed by atoms with Crippen LogP contribution in [0.15, 0.2) is 61.1 Å². The first kappa shape index (κ1) is 26.3. The summed E-state index contributed by atoms with van der Waals surface area (Å²) in [6, 6.07) is 11.9. The average Bonchev–Trinajstić information content (AvgIpc) is 3.09. The molecule has 0 spiro atoms. The van der Waals surface area contributed by atoms with Gasteiger partial charge in [0.1, 0.15) is 5.82 Å². The van der Waals surface area contributed by atoms with Crippen molar-refractivity contribution in [1.29, 1.82) is 0 Å². The van der Waals surface area contributed by atoms with Crippen molar-refractivity contribution in [3.63, 3.8) is 0 Å². The Morgan fingerprint density at radius 2 is 1.58 bits per heavy atom. The third kappa shape index (κ3) is 6.40. The lowest BCUT2D eigenvalue weighted by Gasteiger charge is -2.20. The lowest BCUT2D eigenvalue weighted by atomic mass is 10.00. The number of carboxylic acids is 1. The van der Waals surface area contributed by atoms with Crippen LogP contribution in [0.1, 0.15) is 28.6 Å². The minimum absolute atomic E-state index is 0.245. The molecule has 8 nitrogen and oxygen atoms in total. The third-order valence-electron chi connectivity index (χ3n) is 5.18. The second-order valence-corrected chi connectivity index (χ2v) is 7.65. The van der Waals surface area contributed by atoms with Crippen molar-refractivity contribution in [2.45, 2.75) is 26.1 Å². The van der Waals surface area contributed by atoms with Crippen LogP contribution in [-0.2, 0) is 11.8 Å². The van der Waals surface area contributed by atoms with Gasteiger partial charge in [-0.2, -0.15) is 18.3 Å². The molecule has 12 heteroatoms. The number of aryl methyl sites for hydroxylation is 2. The minimum atomic E-state index is -5.08. The molecule has 1 aromatic carbocycles. The minimum Gasteiger partial charge on any atom is -0.475 e. The monoisotopic (exact) mass is 502 g/mol. The van der Waals surface area contributed by atoms with Crippen LogP contribution < -0.4 is 5.32 Å². The zero-order valence-corrected chi connectivity index (χ0v) is 19.5. The van der Waals surface area contributed by atoms with Gasteiger partial charge in [0.2, 0.25) is 5.95 Å². The van der Waals surface area contributed by atoms with Crippen molar-refractivity contribution < 1.29 is 27.5 Å². The van der Waals surface area contributed by atoms with Crippen molar-refractivity contribution in [1.82, 2.24) is 24.7 Å². The van der Waals surface area contributed by atoms with Gasteiger partial charge in [-0.05, 0) is 55.3 Å². The van der Waals surface area contributed by atoms with Crippen LogP contribution >= 0.6 is 0 Å². The zero-order chi connectivity index (χ0) is 26.5. The molecule has 0 radical (unpaired) electrons. The van der Waals surface area contributed by atoms with Gasteiger partial charge in [-0.15, -0.1) is 0 Å². The van der Waals surface area contributed by atoms with Gasteiger partial charge in [-0.3, -0.25) is 9.67 Å². The number of nitrogens with one attached hydrogen (secondary N) is 1. The van der Waals surface area contributed by atoms with Crippen molar-refractivity contribution >= 4 is 11.9 Å². The predicted octanol–water partition coefficient (Wildman–Crippen LogP) is 4.86. The lowest BCUT2D eigenvalue weighted by molar-refractivity contribution is -0.192. The molecule has 36 heavy (non-hydrogen) atoms. The number of hydrogen-bond donors (Lipinski definition) is 2. The fourth-order valence-electron chi connectivity index (χ4n) is 3.41. The maximum Gasteiger partial charge on any atom is 0.490 e. The lowest BCUT2D eigenvalue weighted by Crippen LogP contribution is -2.21. The molecule has 0 saturated carbocycles. The molecular weight excluding hydrogens is 480 g/mol. The highest BCUT2D eigenvalue weighted by Crippen LogP contribution is 2.28. The van der Waals surface area contributed by atoms with Gasteiger partial charge in [0.25, 0.3) is 0 Å². The number of nitrogens with zero attached hydrogens (tertiary/aromatic N) is 5. The smallest absolute Gasteiger partial charge is 0.475 e. The molecule has 0 aliphatic carbocycles. The Bertz CT molecular complexity index is 1320. The standard InChI is InChI=1S/C22H21FN6.C2HF3O2/c1-14-20(15(2)29(3)28-14)19-10-13-25-22(26-19)27-21(17-8-11-24-12-9-17)16-4-6-18(23)7-5-16;3-2(4,5)1(6)7/h4-13,21H,1-3H3,(H,25,26,27);(H,6,7). The Labute approximate surface area is 203 Å². The van der Waals surface area contributed by atoms with Crippen molar-refractivity contribution in [2.75, 3.05) is 5.32 Å². The fourth-order valence-corrected chi connectivity index (χ4v) is 3.41. The number of anilines is 1. The molecule has 2 N–H and O–H groups in total. The molecule has 0 fully saturated rings. The van der Waals surface area contributed by atoms with E-state index >= 15 is 0 Å². The summed E-state index contributed by atoms with van der Waals surface area (Å²) >= 11 is 0. The van der Waals surface area contributed by atoms with E-state index in [4.69, 9.17) is 14.9 Å². The molecule has 3 aromatic heterocycles.